The maximum atomic E-state index is 11.1. The fourth-order valence-corrected chi connectivity index (χ4v) is 2.01. The van der Waals surface area contributed by atoms with Gasteiger partial charge in [-0.15, -0.1) is 0 Å². The average molecular weight is 300 g/mol. The van der Waals surface area contributed by atoms with E-state index in [4.69, 9.17) is 19.3 Å². The predicted molar refractivity (Wildman–Crippen MR) is 67.0 cm³/mol. The lowest BCUT2D eigenvalue weighted by molar-refractivity contribution is -0.180. The molecule has 0 bridgehead atoms. The van der Waals surface area contributed by atoms with Crippen molar-refractivity contribution in [1.82, 2.24) is 0 Å². The van der Waals surface area contributed by atoms with Crippen LogP contribution in [0.25, 0.3) is 0 Å². The van der Waals surface area contributed by atoms with Gasteiger partial charge in [0.1, 0.15) is 6.10 Å². The zero-order chi connectivity index (χ0) is 16.2. The van der Waals surface area contributed by atoms with Gasteiger partial charge in [-0.3, -0.25) is 14.4 Å². The van der Waals surface area contributed by atoms with E-state index >= 15 is 0 Å². The van der Waals surface area contributed by atoms with Gasteiger partial charge in [-0.1, -0.05) is 0 Å². The van der Waals surface area contributed by atoms with E-state index in [1.807, 2.05) is 0 Å². The van der Waals surface area contributed by atoms with Crippen molar-refractivity contribution in [3.05, 3.63) is 11.6 Å². The Labute approximate surface area is 120 Å². The molecule has 1 N–H and O–H groups in total. The van der Waals surface area contributed by atoms with Crippen molar-refractivity contribution < 1.29 is 38.5 Å². The van der Waals surface area contributed by atoms with Gasteiger partial charge in [-0.05, 0) is 6.08 Å². The van der Waals surface area contributed by atoms with Crippen molar-refractivity contribution in [2.75, 3.05) is 0 Å². The molecule has 0 amide bonds. The number of hydrogen-bond donors (Lipinski definition) is 1. The van der Waals surface area contributed by atoms with Crippen LogP contribution in [0, 0.1) is 0 Å². The molecule has 0 radical (unpaired) electrons. The number of ether oxygens (including phenoxy) is 3. The van der Waals surface area contributed by atoms with Crippen molar-refractivity contribution in [3.63, 3.8) is 0 Å². The summed E-state index contributed by atoms with van der Waals surface area (Å²) in [7, 11) is 0. The van der Waals surface area contributed by atoms with Crippen LogP contribution in [0.3, 0.4) is 0 Å². The van der Waals surface area contributed by atoms with Crippen molar-refractivity contribution in [2.45, 2.75) is 45.5 Å². The van der Waals surface area contributed by atoms with Crippen molar-refractivity contribution in [3.8, 4) is 0 Å². The summed E-state index contributed by atoms with van der Waals surface area (Å²) in [4.78, 5) is 44.5. The highest BCUT2D eigenvalue weighted by Crippen LogP contribution is 2.27. The maximum absolute atomic E-state index is 11.1. The lowest BCUT2D eigenvalue weighted by Crippen LogP contribution is -2.47. The maximum Gasteiger partial charge on any atom is 0.331 e. The van der Waals surface area contributed by atoms with E-state index in [2.05, 4.69) is 0 Å². The second-order valence-electron chi connectivity index (χ2n) is 4.50. The highest BCUT2D eigenvalue weighted by molar-refractivity contribution is 5.87. The number of carbonyl (C=O) groups is 4. The predicted octanol–water partition coefficient (Wildman–Crippen LogP) is 0.196. The van der Waals surface area contributed by atoms with Gasteiger partial charge in [0.25, 0.3) is 0 Å². The van der Waals surface area contributed by atoms with Gasteiger partial charge in [0.05, 0.1) is 0 Å². The van der Waals surface area contributed by atoms with Gasteiger partial charge in [0, 0.05) is 32.8 Å². The van der Waals surface area contributed by atoms with E-state index in [1.165, 1.54) is 6.08 Å². The molecule has 8 nitrogen and oxygen atoms in total. The van der Waals surface area contributed by atoms with E-state index in [0.29, 0.717) is 0 Å². The molecule has 0 aromatic rings. The quantitative estimate of drug-likeness (QED) is 0.578. The van der Waals surface area contributed by atoms with Gasteiger partial charge in [-0.2, -0.15) is 0 Å². The molecule has 0 heterocycles. The molecule has 0 fully saturated rings. The van der Waals surface area contributed by atoms with Crippen molar-refractivity contribution in [2.24, 2.45) is 0 Å². The summed E-state index contributed by atoms with van der Waals surface area (Å²) in [5.41, 5.74) is -0.0871. The fraction of sp³-hybridized carbons (Fsp3) is 0.538. The van der Waals surface area contributed by atoms with E-state index in [1.54, 1.807) is 0 Å². The first-order valence-electron chi connectivity index (χ1n) is 6.16. The molecule has 116 valence electrons. The fourth-order valence-electron chi connectivity index (χ4n) is 2.01. The molecule has 0 aliphatic heterocycles. The Morgan fingerprint density at radius 2 is 1.52 bits per heavy atom. The second kappa shape index (κ2) is 6.87. The Bertz CT molecular complexity index is 492. The summed E-state index contributed by atoms with van der Waals surface area (Å²) < 4.78 is 15.0. The molecular weight excluding hydrogens is 284 g/mol. The summed E-state index contributed by atoms with van der Waals surface area (Å²) in [5, 5.41) is 9.05. The lowest BCUT2D eigenvalue weighted by atomic mass is 9.91. The summed E-state index contributed by atoms with van der Waals surface area (Å²) in [6.45, 7) is 3.42. The molecule has 0 aromatic heterocycles. The van der Waals surface area contributed by atoms with Crippen LogP contribution in [0.5, 0.6) is 0 Å². The number of carboxylic acids is 1. The van der Waals surface area contributed by atoms with Crippen LogP contribution in [0.4, 0.5) is 0 Å². The number of carboxylic acid groups (broad SMARTS) is 1. The minimum Gasteiger partial charge on any atom is -0.478 e. The Morgan fingerprint density at radius 1 is 1.00 bits per heavy atom. The largest absolute Gasteiger partial charge is 0.478 e. The number of aliphatic carboxylic acids is 1. The summed E-state index contributed by atoms with van der Waals surface area (Å²) in [6.07, 6.45) is -2.22. The SMILES string of the molecule is CC(=O)OC1C=C(C(=O)O)CC(OC(C)=O)C1OC(C)=O. The van der Waals surface area contributed by atoms with Gasteiger partial charge in [-0.25, -0.2) is 4.79 Å². The Kier molecular flexibility index (Phi) is 5.45. The Balaban J connectivity index is 3.12. The molecule has 0 saturated carbocycles. The Hall–Kier alpha value is -2.38. The van der Waals surface area contributed by atoms with Gasteiger partial charge in [0.15, 0.2) is 12.2 Å². The molecule has 8 heteroatoms. The minimum atomic E-state index is -1.23. The molecule has 1 rings (SSSR count). The number of rotatable bonds is 4. The highest BCUT2D eigenvalue weighted by Gasteiger charge is 2.41. The molecule has 3 atom stereocenters. The van der Waals surface area contributed by atoms with Crippen molar-refractivity contribution in [1.29, 1.82) is 0 Å². The van der Waals surface area contributed by atoms with Crippen LogP contribution in [-0.4, -0.2) is 47.3 Å². The van der Waals surface area contributed by atoms with Crippen LogP contribution in [0.1, 0.15) is 27.2 Å². The first kappa shape index (κ1) is 16.7. The van der Waals surface area contributed by atoms with Crippen molar-refractivity contribution >= 4 is 23.9 Å². The molecule has 1 aliphatic carbocycles. The van der Waals surface area contributed by atoms with E-state index in [9.17, 15) is 19.2 Å². The topological polar surface area (TPSA) is 116 Å². The first-order valence-corrected chi connectivity index (χ1v) is 6.16. The minimum absolute atomic E-state index is 0.0871. The van der Waals surface area contributed by atoms with Crippen LogP contribution < -0.4 is 0 Å². The smallest absolute Gasteiger partial charge is 0.331 e. The van der Waals surface area contributed by atoms with E-state index < -0.39 is 42.2 Å². The van der Waals surface area contributed by atoms with Gasteiger partial charge >= 0.3 is 23.9 Å². The van der Waals surface area contributed by atoms with Crippen LogP contribution in [0.15, 0.2) is 11.6 Å². The van der Waals surface area contributed by atoms with Crippen LogP contribution >= 0.6 is 0 Å². The highest BCUT2D eigenvalue weighted by atomic mass is 16.6. The third kappa shape index (κ3) is 4.90. The third-order valence-corrected chi connectivity index (χ3v) is 2.67. The van der Waals surface area contributed by atoms with Gasteiger partial charge < -0.3 is 19.3 Å². The summed E-state index contributed by atoms with van der Waals surface area (Å²) >= 11 is 0. The third-order valence-electron chi connectivity index (χ3n) is 2.67. The average Bonchev–Trinajstić information content (AvgIpc) is 2.30. The first-order chi connectivity index (χ1) is 9.70. The number of esters is 3. The summed E-state index contributed by atoms with van der Waals surface area (Å²) in [5.74, 6) is -3.24. The summed E-state index contributed by atoms with van der Waals surface area (Å²) in [6, 6.07) is 0. The molecule has 3 unspecified atom stereocenters. The molecule has 1 aliphatic rings. The normalized spacial score (nSPS) is 24.5. The molecule has 21 heavy (non-hydrogen) atoms. The van der Waals surface area contributed by atoms with Crippen LogP contribution in [-0.2, 0) is 33.4 Å². The monoisotopic (exact) mass is 300 g/mol. The van der Waals surface area contributed by atoms with Crippen LogP contribution in [0.2, 0.25) is 0 Å². The van der Waals surface area contributed by atoms with E-state index in [-0.39, 0.29) is 12.0 Å². The second-order valence-corrected chi connectivity index (χ2v) is 4.50. The molecular formula is C13H16O8. The molecule has 0 spiro atoms. The zero-order valence-corrected chi connectivity index (χ0v) is 11.8. The number of carbonyl (C=O) groups excluding carboxylic acids is 3. The lowest BCUT2D eigenvalue weighted by Gasteiger charge is -2.34. The number of hydrogen-bond acceptors (Lipinski definition) is 7. The zero-order valence-electron chi connectivity index (χ0n) is 11.8. The van der Waals surface area contributed by atoms with Gasteiger partial charge in [0.2, 0.25) is 0 Å². The standard InChI is InChI=1S/C13H16O8/c1-6(14)19-10-4-9(13(17)18)5-11(20-7(2)15)12(10)21-8(3)16/h4,10-12H,5H2,1-3H3,(H,17,18). The molecule has 0 aromatic carbocycles. The Morgan fingerprint density at radius 3 is 1.95 bits per heavy atom. The van der Waals surface area contributed by atoms with E-state index in [0.717, 1.165) is 20.8 Å². The molecule has 0 saturated heterocycles.